The summed E-state index contributed by atoms with van der Waals surface area (Å²) in [6, 6.07) is 14.4. The van der Waals surface area contributed by atoms with Crippen molar-refractivity contribution in [3.05, 3.63) is 58.1 Å². The minimum Gasteiger partial charge on any atom is -0.491 e. The minimum atomic E-state index is -0.555. The number of fused-ring (bicyclic) bond motifs is 1. The summed E-state index contributed by atoms with van der Waals surface area (Å²) in [7, 11) is 0. The Kier molecular flexibility index (Phi) is 5.56. The molecule has 1 heterocycles. The summed E-state index contributed by atoms with van der Waals surface area (Å²) in [4.78, 5) is 12.3. The van der Waals surface area contributed by atoms with Gasteiger partial charge in [-0.3, -0.25) is 5.32 Å². The summed E-state index contributed by atoms with van der Waals surface area (Å²) in [5.74, 6) is 0.954. The van der Waals surface area contributed by atoms with Crippen LogP contribution in [0.25, 0.3) is 0 Å². The molecule has 26 heavy (non-hydrogen) atoms. The van der Waals surface area contributed by atoms with E-state index in [-0.39, 0.29) is 5.92 Å². The summed E-state index contributed by atoms with van der Waals surface area (Å²) >= 11 is 3.57. The number of rotatable bonds is 2. The van der Waals surface area contributed by atoms with Crippen LogP contribution in [0.4, 0.5) is 10.5 Å². The van der Waals surface area contributed by atoms with Crippen LogP contribution in [-0.2, 0) is 4.74 Å². The number of benzene rings is 2. The molecular formula is C21H24BrNO3. The molecule has 5 heteroatoms. The number of halogens is 1. The standard InChI is InChI=1S/C21H24BrNO3/c1-21(2,3)26-20(24)23-18-13-15(22)12-17-16(10-7-11-25-19(17)18)14-8-5-4-6-9-14/h4-6,8-9,12-13,16H,7,10-11H2,1-3H3,(H,23,24). The zero-order valence-electron chi connectivity index (χ0n) is 15.3. The fraction of sp³-hybridized carbons (Fsp3) is 0.381. The lowest BCUT2D eigenvalue weighted by Crippen LogP contribution is -2.27. The molecule has 2 aromatic carbocycles. The van der Waals surface area contributed by atoms with Gasteiger partial charge in [0.25, 0.3) is 0 Å². The first-order valence-corrected chi connectivity index (χ1v) is 9.64. The van der Waals surface area contributed by atoms with Crippen molar-refractivity contribution in [1.82, 2.24) is 0 Å². The molecule has 2 aromatic rings. The van der Waals surface area contributed by atoms with Crippen molar-refractivity contribution in [3.8, 4) is 5.75 Å². The molecule has 0 fully saturated rings. The van der Waals surface area contributed by atoms with Crippen LogP contribution in [0.15, 0.2) is 46.9 Å². The summed E-state index contributed by atoms with van der Waals surface area (Å²) < 4.78 is 12.3. The van der Waals surface area contributed by atoms with Gasteiger partial charge in [0.15, 0.2) is 0 Å². The molecule has 0 radical (unpaired) electrons. The fourth-order valence-corrected chi connectivity index (χ4v) is 3.67. The smallest absolute Gasteiger partial charge is 0.412 e. The van der Waals surface area contributed by atoms with Crippen LogP contribution in [0.2, 0.25) is 0 Å². The highest BCUT2D eigenvalue weighted by Gasteiger charge is 2.26. The number of ether oxygens (including phenoxy) is 2. The Morgan fingerprint density at radius 1 is 1.23 bits per heavy atom. The Hall–Kier alpha value is -2.01. The van der Waals surface area contributed by atoms with Gasteiger partial charge in [-0.1, -0.05) is 46.3 Å². The third kappa shape index (κ3) is 4.58. The molecule has 0 bridgehead atoms. The first-order valence-electron chi connectivity index (χ1n) is 8.85. The highest BCUT2D eigenvalue weighted by molar-refractivity contribution is 9.10. The largest absolute Gasteiger partial charge is 0.491 e. The van der Waals surface area contributed by atoms with Crippen LogP contribution in [0, 0.1) is 0 Å². The summed E-state index contributed by atoms with van der Waals surface area (Å²) in [5.41, 5.74) is 2.40. The highest BCUT2D eigenvalue weighted by Crippen LogP contribution is 2.43. The van der Waals surface area contributed by atoms with E-state index in [9.17, 15) is 4.79 Å². The Labute approximate surface area is 163 Å². The first-order chi connectivity index (χ1) is 12.3. The number of hydrogen-bond acceptors (Lipinski definition) is 3. The first kappa shape index (κ1) is 18.8. The second-order valence-corrected chi connectivity index (χ2v) is 8.37. The molecule has 1 unspecified atom stereocenters. The zero-order chi connectivity index (χ0) is 18.7. The van der Waals surface area contributed by atoms with Crippen molar-refractivity contribution in [2.75, 3.05) is 11.9 Å². The van der Waals surface area contributed by atoms with Crippen molar-refractivity contribution < 1.29 is 14.3 Å². The molecule has 1 aliphatic heterocycles. The number of hydrogen-bond donors (Lipinski definition) is 1. The number of nitrogens with one attached hydrogen (secondary N) is 1. The third-order valence-corrected chi connectivity index (χ3v) is 4.64. The monoisotopic (exact) mass is 417 g/mol. The average molecular weight is 418 g/mol. The maximum atomic E-state index is 12.3. The van der Waals surface area contributed by atoms with Gasteiger partial charge in [-0.25, -0.2) is 4.79 Å². The van der Waals surface area contributed by atoms with Crippen LogP contribution >= 0.6 is 15.9 Å². The molecule has 0 spiro atoms. The molecule has 0 saturated carbocycles. The molecule has 1 atom stereocenters. The molecule has 0 saturated heterocycles. The summed E-state index contributed by atoms with van der Waals surface area (Å²) in [6.07, 6.45) is 1.47. The van der Waals surface area contributed by atoms with Crippen LogP contribution in [0.5, 0.6) is 5.75 Å². The summed E-state index contributed by atoms with van der Waals surface area (Å²) in [5, 5.41) is 2.85. The van der Waals surface area contributed by atoms with Gasteiger partial charge < -0.3 is 9.47 Å². The zero-order valence-corrected chi connectivity index (χ0v) is 16.9. The molecule has 0 aliphatic carbocycles. The third-order valence-electron chi connectivity index (χ3n) is 4.18. The Morgan fingerprint density at radius 2 is 1.96 bits per heavy atom. The lowest BCUT2D eigenvalue weighted by atomic mass is 9.87. The predicted molar refractivity (Wildman–Crippen MR) is 107 cm³/mol. The van der Waals surface area contributed by atoms with E-state index < -0.39 is 11.7 Å². The minimum absolute atomic E-state index is 0.227. The lowest BCUT2D eigenvalue weighted by molar-refractivity contribution is 0.0635. The number of amides is 1. The Balaban J connectivity index is 1.98. The second kappa shape index (κ2) is 7.70. The molecule has 1 N–H and O–H groups in total. The molecule has 4 nitrogen and oxygen atoms in total. The molecule has 3 rings (SSSR count). The Morgan fingerprint density at radius 3 is 2.65 bits per heavy atom. The SMILES string of the molecule is CC(C)(C)OC(=O)Nc1cc(Br)cc2c1OCCCC2c1ccccc1. The van der Waals surface area contributed by atoms with E-state index in [0.29, 0.717) is 12.3 Å². The van der Waals surface area contributed by atoms with Gasteiger partial charge in [-0.15, -0.1) is 0 Å². The molecule has 1 aliphatic rings. The van der Waals surface area contributed by atoms with Gasteiger partial charge in [-0.2, -0.15) is 0 Å². The Bertz CT molecular complexity index is 784. The van der Waals surface area contributed by atoms with Gasteiger partial charge in [-0.05, 0) is 51.3 Å². The van der Waals surface area contributed by atoms with E-state index in [1.165, 1.54) is 5.56 Å². The molecule has 0 aromatic heterocycles. The van der Waals surface area contributed by atoms with E-state index >= 15 is 0 Å². The van der Waals surface area contributed by atoms with Crippen molar-refractivity contribution in [2.45, 2.75) is 45.1 Å². The van der Waals surface area contributed by atoms with Gasteiger partial charge in [0.1, 0.15) is 11.4 Å². The van der Waals surface area contributed by atoms with Crippen molar-refractivity contribution in [2.24, 2.45) is 0 Å². The van der Waals surface area contributed by atoms with E-state index in [1.807, 2.05) is 32.9 Å². The number of anilines is 1. The maximum Gasteiger partial charge on any atom is 0.412 e. The average Bonchev–Trinajstić information content (AvgIpc) is 2.76. The maximum absolute atomic E-state index is 12.3. The van der Waals surface area contributed by atoms with E-state index in [0.717, 1.165) is 28.6 Å². The number of carbonyl (C=O) groups is 1. The van der Waals surface area contributed by atoms with Gasteiger partial charge >= 0.3 is 6.09 Å². The van der Waals surface area contributed by atoms with Gasteiger partial charge in [0, 0.05) is 16.0 Å². The lowest BCUT2D eigenvalue weighted by Gasteiger charge is -2.22. The summed E-state index contributed by atoms with van der Waals surface area (Å²) in [6.45, 7) is 6.16. The van der Waals surface area contributed by atoms with Crippen LogP contribution in [0.1, 0.15) is 50.7 Å². The molecular weight excluding hydrogens is 394 g/mol. The van der Waals surface area contributed by atoms with Gasteiger partial charge in [0.2, 0.25) is 0 Å². The molecule has 1 amide bonds. The van der Waals surface area contributed by atoms with E-state index in [2.05, 4.69) is 51.6 Å². The quantitative estimate of drug-likeness (QED) is 0.641. The van der Waals surface area contributed by atoms with Crippen LogP contribution < -0.4 is 10.1 Å². The van der Waals surface area contributed by atoms with E-state index in [1.54, 1.807) is 0 Å². The number of carbonyl (C=O) groups excluding carboxylic acids is 1. The topological polar surface area (TPSA) is 47.6 Å². The molecule has 138 valence electrons. The van der Waals surface area contributed by atoms with Crippen molar-refractivity contribution >= 4 is 27.7 Å². The normalized spacial score (nSPS) is 16.8. The highest BCUT2D eigenvalue weighted by atomic mass is 79.9. The fourth-order valence-electron chi connectivity index (χ4n) is 3.19. The van der Waals surface area contributed by atoms with Gasteiger partial charge in [0.05, 0.1) is 12.3 Å². The second-order valence-electron chi connectivity index (χ2n) is 7.45. The van der Waals surface area contributed by atoms with E-state index in [4.69, 9.17) is 9.47 Å². The van der Waals surface area contributed by atoms with Crippen molar-refractivity contribution in [3.63, 3.8) is 0 Å². The predicted octanol–water partition coefficient (Wildman–Crippen LogP) is 6.10. The van der Waals surface area contributed by atoms with Crippen molar-refractivity contribution in [1.29, 1.82) is 0 Å². The van der Waals surface area contributed by atoms with Crippen LogP contribution in [-0.4, -0.2) is 18.3 Å². The van der Waals surface area contributed by atoms with Crippen LogP contribution in [0.3, 0.4) is 0 Å².